The monoisotopic (exact) mass is 726 g/mol. The number of piperidine rings is 1. The molecule has 1 aliphatic carbocycles. The number of hydrogen-bond acceptors (Lipinski definition) is 7. The third-order valence-electron chi connectivity index (χ3n) is 10.1. The Balaban J connectivity index is 1.14. The number of rotatable bonds is 12. The van der Waals surface area contributed by atoms with Gasteiger partial charge in [0.25, 0.3) is 12.3 Å². The second kappa shape index (κ2) is 16.9. The highest BCUT2D eigenvalue weighted by molar-refractivity contribution is 5.99. The standard InChI is InChI=1S/C39H44F2N8O4/c1-22-19-28(37(51)45-31-3-2-18-43-38(31)52)14-17-30(22)25-8-4-23(5-9-25)20-32(46-36(50)27-10-6-24(21-42)7-11-27)39(53)44-29-15-12-26(13-16-29)34-47-35(33(40)41)49-48-34/h4-5,8-9,12-17,19,24,27,31-33H,2-3,6-7,10-11,18,20-21,42H2,1H3,(H,43,52)(H,44,53)(H,45,51)(H,46,50)(H,47,48,49)/t24?,27?,31?,32-/m0/s1. The fraction of sp³-hybridized carbons (Fsp3) is 0.385. The van der Waals surface area contributed by atoms with Crippen molar-refractivity contribution in [2.45, 2.75) is 70.4 Å². The predicted octanol–water partition coefficient (Wildman–Crippen LogP) is 4.82. The molecule has 1 unspecified atom stereocenters. The van der Waals surface area contributed by atoms with Crippen molar-refractivity contribution in [1.29, 1.82) is 0 Å². The van der Waals surface area contributed by atoms with Crippen LogP contribution in [-0.2, 0) is 20.8 Å². The largest absolute Gasteiger partial charge is 0.354 e. The van der Waals surface area contributed by atoms with Crippen LogP contribution < -0.4 is 27.0 Å². The lowest BCUT2D eigenvalue weighted by molar-refractivity contribution is -0.130. The average Bonchev–Trinajstić information content (AvgIpc) is 3.67. The van der Waals surface area contributed by atoms with E-state index in [0.717, 1.165) is 41.5 Å². The summed E-state index contributed by atoms with van der Waals surface area (Å²) in [6.07, 6.45) is 2.03. The number of anilines is 1. The summed E-state index contributed by atoms with van der Waals surface area (Å²) in [6.45, 7) is 3.13. The summed E-state index contributed by atoms with van der Waals surface area (Å²) in [5.74, 6) is -1.26. The van der Waals surface area contributed by atoms with Crippen molar-refractivity contribution in [3.8, 4) is 22.5 Å². The zero-order chi connectivity index (χ0) is 37.5. The fourth-order valence-corrected chi connectivity index (χ4v) is 6.93. The lowest BCUT2D eigenvalue weighted by atomic mass is 9.81. The van der Waals surface area contributed by atoms with E-state index in [1.54, 1.807) is 36.4 Å². The third kappa shape index (κ3) is 9.30. The van der Waals surface area contributed by atoms with Gasteiger partial charge in [0.05, 0.1) is 0 Å². The number of carbonyl (C=O) groups excluding carboxylic acids is 4. The van der Waals surface area contributed by atoms with Crippen molar-refractivity contribution in [2.75, 3.05) is 18.4 Å². The maximum atomic E-state index is 13.7. The Bertz CT molecular complexity index is 1920. The minimum Gasteiger partial charge on any atom is -0.354 e. The molecule has 0 spiro atoms. The van der Waals surface area contributed by atoms with Crippen molar-refractivity contribution in [3.05, 3.63) is 89.2 Å². The first-order valence-electron chi connectivity index (χ1n) is 18.0. The predicted molar refractivity (Wildman–Crippen MR) is 196 cm³/mol. The van der Waals surface area contributed by atoms with Crippen molar-refractivity contribution in [3.63, 3.8) is 0 Å². The number of carbonyl (C=O) groups is 4. The number of aromatic amines is 1. The minimum atomic E-state index is -2.78. The van der Waals surface area contributed by atoms with Crippen LogP contribution in [0.5, 0.6) is 0 Å². The summed E-state index contributed by atoms with van der Waals surface area (Å²) in [4.78, 5) is 56.0. The summed E-state index contributed by atoms with van der Waals surface area (Å²) in [5.41, 5.74) is 10.8. The average molecular weight is 727 g/mol. The van der Waals surface area contributed by atoms with E-state index in [2.05, 4.69) is 36.4 Å². The molecular formula is C39H44F2N8O4. The Morgan fingerprint density at radius 1 is 0.943 bits per heavy atom. The number of aryl methyl sites for hydroxylation is 1. The fourth-order valence-electron chi connectivity index (χ4n) is 6.93. The molecule has 1 aliphatic heterocycles. The normalized spacial score (nSPS) is 19.3. The number of nitrogens with zero attached hydrogens (tertiary/aromatic N) is 2. The molecule has 4 aromatic rings. The first kappa shape index (κ1) is 37.3. The van der Waals surface area contributed by atoms with Gasteiger partial charge in [-0.1, -0.05) is 30.3 Å². The van der Waals surface area contributed by atoms with Crippen LogP contribution >= 0.6 is 0 Å². The minimum absolute atomic E-state index is 0.109. The van der Waals surface area contributed by atoms with Gasteiger partial charge in [-0.15, -0.1) is 0 Å². The van der Waals surface area contributed by atoms with Crippen LogP contribution in [0.15, 0.2) is 66.7 Å². The molecule has 278 valence electrons. The van der Waals surface area contributed by atoms with Gasteiger partial charge in [0, 0.05) is 35.7 Å². The smallest absolute Gasteiger partial charge is 0.296 e. The molecule has 2 fully saturated rings. The van der Waals surface area contributed by atoms with Crippen LogP contribution in [0.25, 0.3) is 22.5 Å². The number of nitrogens with two attached hydrogens (primary N) is 1. The van der Waals surface area contributed by atoms with E-state index in [1.807, 2.05) is 37.3 Å². The topological polar surface area (TPSA) is 184 Å². The number of hydrogen-bond donors (Lipinski definition) is 6. The number of H-pyrrole nitrogens is 1. The van der Waals surface area contributed by atoms with E-state index in [9.17, 15) is 28.0 Å². The third-order valence-corrected chi connectivity index (χ3v) is 10.1. The number of nitrogens with one attached hydrogen (secondary N) is 5. The first-order valence-corrected chi connectivity index (χ1v) is 18.0. The van der Waals surface area contributed by atoms with Crippen molar-refractivity contribution in [1.82, 2.24) is 31.1 Å². The zero-order valence-electron chi connectivity index (χ0n) is 29.5. The number of benzene rings is 3. The SMILES string of the molecule is Cc1cc(C(=O)NC2CCCNC2=O)ccc1-c1ccc(C[C@H](NC(=O)C2CCC(CN)CC2)C(=O)Nc2ccc(-c3n[nH]c(C(F)F)n3)cc2)cc1. The number of amides is 4. The van der Waals surface area contributed by atoms with Crippen LogP contribution in [0, 0.1) is 18.8 Å². The Morgan fingerprint density at radius 3 is 2.30 bits per heavy atom. The maximum Gasteiger partial charge on any atom is 0.296 e. The van der Waals surface area contributed by atoms with Crippen molar-refractivity contribution in [2.24, 2.45) is 17.6 Å². The summed E-state index contributed by atoms with van der Waals surface area (Å²) in [6, 6.07) is 18.2. The van der Waals surface area contributed by atoms with Gasteiger partial charge in [-0.3, -0.25) is 24.3 Å². The Hall–Kier alpha value is -5.50. The second-order valence-electron chi connectivity index (χ2n) is 13.8. The molecule has 2 aliphatic rings. The number of aromatic nitrogens is 3. The summed E-state index contributed by atoms with van der Waals surface area (Å²) in [5, 5.41) is 17.5. The number of halogens is 2. The maximum absolute atomic E-state index is 13.7. The highest BCUT2D eigenvalue weighted by Crippen LogP contribution is 2.29. The molecule has 2 heterocycles. The van der Waals surface area contributed by atoms with Gasteiger partial charge >= 0.3 is 0 Å². The van der Waals surface area contributed by atoms with Gasteiger partial charge < -0.3 is 27.0 Å². The van der Waals surface area contributed by atoms with Crippen LogP contribution in [0.3, 0.4) is 0 Å². The Morgan fingerprint density at radius 2 is 1.66 bits per heavy atom. The molecule has 12 nitrogen and oxygen atoms in total. The molecule has 7 N–H and O–H groups in total. The van der Waals surface area contributed by atoms with Gasteiger partial charge in [0.1, 0.15) is 12.1 Å². The zero-order valence-corrected chi connectivity index (χ0v) is 29.5. The Labute approximate surface area is 306 Å². The van der Waals surface area contributed by atoms with E-state index in [-0.39, 0.29) is 35.9 Å². The van der Waals surface area contributed by atoms with E-state index in [4.69, 9.17) is 5.73 Å². The van der Waals surface area contributed by atoms with Crippen LogP contribution in [0.4, 0.5) is 14.5 Å². The van der Waals surface area contributed by atoms with Crippen LogP contribution in [-0.4, -0.2) is 64.0 Å². The van der Waals surface area contributed by atoms with Crippen LogP contribution in [0.2, 0.25) is 0 Å². The molecule has 3 aromatic carbocycles. The lowest BCUT2D eigenvalue weighted by Crippen LogP contribution is -2.50. The molecule has 14 heteroatoms. The van der Waals surface area contributed by atoms with E-state index in [0.29, 0.717) is 55.1 Å². The van der Waals surface area contributed by atoms with E-state index in [1.165, 1.54) is 0 Å². The summed E-state index contributed by atoms with van der Waals surface area (Å²) in [7, 11) is 0. The molecule has 6 rings (SSSR count). The van der Waals surface area contributed by atoms with Crippen molar-refractivity contribution < 1.29 is 28.0 Å². The first-order chi connectivity index (χ1) is 25.6. The number of alkyl halides is 2. The lowest BCUT2D eigenvalue weighted by Gasteiger charge is -2.28. The highest BCUT2D eigenvalue weighted by atomic mass is 19.3. The molecular weight excluding hydrogens is 682 g/mol. The van der Waals surface area contributed by atoms with Crippen LogP contribution in [0.1, 0.15) is 72.3 Å². The van der Waals surface area contributed by atoms with Crippen molar-refractivity contribution >= 4 is 29.3 Å². The van der Waals surface area contributed by atoms with E-state index < -0.39 is 30.2 Å². The van der Waals surface area contributed by atoms with Gasteiger partial charge in [0.2, 0.25) is 17.7 Å². The molecule has 1 saturated carbocycles. The van der Waals surface area contributed by atoms with Gasteiger partial charge in [0.15, 0.2) is 11.6 Å². The molecule has 1 aromatic heterocycles. The quantitative estimate of drug-likeness (QED) is 0.121. The van der Waals surface area contributed by atoms with E-state index >= 15 is 0 Å². The molecule has 1 saturated heterocycles. The molecule has 53 heavy (non-hydrogen) atoms. The molecule has 2 atom stereocenters. The van der Waals surface area contributed by atoms with Gasteiger partial charge in [-0.2, -0.15) is 5.10 Å². The molecule has 4 amide bonds. The van der Waals surface area contributed by atoms with Gasteiger partial charge in [-0.05, 0) is 117 Å². The summed E-state index contributed by atoms with van der Waals surface area (Å²) >= 11 is 0. The molecule has 0 bridgehead atoms. The summed E-state index contributed by atoms with van der Waals surface area (Å²) < 4.78 is 25.9. The van der Waals surface area contributed by atoms with Gasteiger partial charge in [-0.25, -0.2) is 13.8 Å². The highest BCUT2D eigenvalue weighted by Gasteiger charge is 2.30. The second-order valence-corrected chi connectivity index (χ2v) is 13.8. The molecule has 0 radical (unpaired) electrons. The Kier molecular flexibility index (Phi) is 11.9.